The van der Waals surface area contributed by atoms with Crippen molar-refractivity contribution < 1.29 is 4.79 Å². The highest BCUT2D eigenvalue weighted by molar-refractivity contribution is 6.30. The molecule has 2 heterocycles. The normalized spacial score (nSPS) is 10.6. The van der Waals surface area contributed by atoms with Crippen molar-refractivity contribution in [3.63, 3.8) is 0 Å². The van der Waals surface area contributed by atoms with E-state index in [-0.39, 0.29) is 5.91 Å². The van der Waals surface area contributed by atoms with Crippen LogP contribution in [0.15, 0.2) is 72.9 Å². The summed E-state index contributed by atoms with van der Waals surface area (Å²) in [4.78, 5) is 21.0. The number of nitrogens with zero attached hydrogens (tertiary/aromatic N) is 2. The van der Waals surface area contributed by atoms with Gasteiger partial charge in [-0.25, -0.2) is 4.98 Å². The van der Waals surface area contributed by atoms with Crippen molar-refractivity contribution in [1.82, 2.24) is 9.97 Å². The third kappa shape index (κ3) is 3.94. The summed E-state index contributed by atoms with van der Waals surface area (Å²) in [6.45, 7) is 2.01. The molecular formula is C22H17ClN4O. The van der Waals surface area contributed by atoms with Gasteiger partial charge in [0.15, 0.2) is 0 Å². The summed E-state index contributed by atoms with van der Waals surface area (Å²) in [5.41, 5.74) is 3.82. The number of benzene rings is 2. The number of aryl methyl sites for hydroxylation is 1. The SMILES string of the molecule is Cc1cc(Nc2cccc(Cl)c2)nc2ccc(NC(=O)c3ccccn3)cc12. The maximum Gasteiger partial charge on any atom is 0.274 e. The Kier molecular flexibility index (Phi) is 4.91. The lowest BCUT2D eigenvalue weighted by Crippen LogP contribution is -2.13. The second-order valence-corrected chi connectivity index (χ2v) is 6.80. The minimum absolute atomic E-state index is 0.246. The van der Waals surface area contributed by atoms with E-state index in [4.69, 9.17) is 11.6 Å². The van der Waals surface area contributed by atoms with Crippen molar-refractivity contribution in [2.45, 2.75) is 6.92 Å². The van der Waals surface area contributed by atoms with Gasteiger partial charge in [-0.3, -0.25) is 9.78 Å². The summed E-state index contributed by atoms with van der Waals surface area (Å²) in [5, 5.41) is 7.78. The Morgan fingerprint density at radius 1 is 0.964 bits per heavy atom. The first-order valence-electron chi connectivity index (χ1n) is 8.75. The lowest BCUT2D eigenvalue weighted by atomic mass is 10.1. The fourth-order valence-corrected chi connectivity index (χ4v) is 3.13. The quantitative estimate of drug-likeness (QED) is 0.478. The van der Waals surface area contributed by atoms with Crippen LogP contribution in [0.1, 0.15) is 16.1 Å². The number of amides is 1. The van der Waals surface area contributed by atoms with Gasteiger partial charge in [-0.05, 0) is 67.1 Å². The third-order valence-corrected chi connectivity index (χ3v) is 4.50. The number of nitrogens with one attached hydrogen (secondary N) is 2. The van der Waals surface area contributed by atoms with Gasteiger partial charge in [-0.1, -0.05) is 23.7 Å². The molecule has 0 saturated heterocycles. The van der Waals surface area contributed by atoms with E-state index in [0.717, 1.165) is 28.0 Å². The molecule has 6 heteroatoms. The number of hydrogen-bond donors (Lipinski definition) is 2. The van der Waals surface area contributed by atoms with Crippen molar-refractivity contribution >= 4 is 45.6 Å². The summed E-state index contributed by atoms with van der Waals surface area (Å²) in [7, 11) is 0. The average molecular weight is 389 g/mol. The summed E-state index contributed by atoms with van der Waals surface area (Å²) in [6, 6.07) is 20.3. The summed E-state index contributed by atoms with van der Waals surface area (Å²) >= 11 is 6.04. The number of hydrogen-bond acceptors (Lipinski definition) is 4. The van der Waals surface area contributed by atoms with Crippen LogP contribution in [-0.4, -0.2) is 15.9 Å². The number of fused-ring (bicyclic) bond motifs is 1. The van der Waals surface area contributed by atoms with Crippen molar-refractivity contribution in [2.75, 3.05) is 10.6 Å². The van der Waals surface area contributed by atoms with Crippen molar-refractivity contribution in [3.8, 4) is 0 Å². The van der Waals surface area contributed by atoms with Gasteiger partial charge in [0.1, 0.15) is 11.5 Å². The molecule has 4 aromatic rings. The van der Waals surface area contributed by atoms with Crippen LogP contribution >= 0.6 is 11.6 Å². The Bertz CT molecular complexity index is 1160. The molecule has 2 N–H and O–H groups in total. The lowest BCUT2D eigenvalue weighted by molar-refractivity contribution is 0.102. The molecule has 2 aromatic heterocycles. The van der Waals surface area contributed by atoms with Crippen LogP contribution in [0.4, 0.5) is 17.2 Å². The molecule has 0 bridgehead atoms. The predicted octanol–water partition coefficient (Wildman–Crippen LogP) is 5.59. The second-order valence-electron chi connectivity index (χ2n) is 6.36. The van der Waals surface area contributed by atoms with E-state index >= 15 is 0 Å². The second kappa shape index (κ2) is 7.66. The predicted molar refractivity (Wildman–Crippen MR) is 113 cm³/mol. The van der Waals surface area contributed by atoms with Crippen LogP contribution < -0.4 is 10.6 Å². The Labute approximate surface area is 167 Å². The molecule has 0 unspecified atom stereocenters. The van der Waals surface area contributed by atoms with E-state index in [2.05, 4.69) is 20.6 Å². The van der Waals surface area contributed by atoms with Gasteiger partial charge in [-0.15, -0.1) is 0 Å². The van der Waals surface area contributed by atoms with E-state index in [1.54, 1.807) is 24.4 Å². The highest BCUT2D eigenvalue weighted by atomic mass is 35.5. The summed E-state index contributed by atoms with van der Waals surface area (Å²) < 4.78 is 0. The number of aromatic nitrogens is 2. The van der Waals surface area contributed by atoms with Gasteiger partial charge in [0, 0.05) is 28.0 Å². The topological polar surface area (TPSA) is 66.9 Å². The first-order valence-corrected chi connectivity index (χ1v) is 9.13. The Morgan fingerprint density at radius 3 is 2.64 bits per heavy atom. The number of anilines is 3. The van der Waals surface area contributed by atoms with E-state index in [1.165, 1.54) is 0 Å². The molecule has 5 nitrogen and oxygen atoms in total. The van der Waals surface area contributed by atoms with E-state index in [9.17, 15) is 4.79 Å². The third-order valence-electron chi connectivity index (χ3n) is 4.27. The van der Waals surface area contributed by atoms with Gasteiger partial charge in [0.2, 0.25) is 0 Å². The molecule has 2 aromatic carbocycles. The van der Waals surface area contributed by atoms with E-state index < -0.39 is 0 Å². The van der Waals surface area contributed by atoms with Crippen LogP contribution in [0.2, 0.25) is 5.02 Å². The lowest BCUT2D eigenvalue weighted by Gasteiger charge is -2.11. The fourth-order valence-electron chi connectivity index (χ4n) is 2.94. The largest absolute Gasteiger partial charge is 0.340 e. The number of carbonyl (C=O) groups excluding carboxylic acids is 1. The van der Waals surface area contributed by atoms with E-state index in [1.807, 2.05) is 55.5 Å². The zero-order valence-corrected chi connectivity index (χ0v) is 15.9. The molecule has 0 spiro atoms. The number of halogens is 1. The molecule has 0 fully saturated rings. The average Bonchev–Trinajstić information content (AvgIpc) is 2.69. The Balaban J connectivity index is 1.60. The van der Waals surface area contributed by atoms with Gasteiger partial charge in [0.05, 0.1) is 5.52 Å². The molecule has 0 atom stereocenters. The Morgan fingerprint density at radius 2 is 1.86 bits per heavy atom. The molecule has 0 aliphatic carbocycles. The molecule has 0 aliphatic heterocycles. The van der Waals surface area contributed by atoms with Crippen molar-refractivity contribution in [2.24, 2.45) is 0 Å². The number of pyridine rings is 2. The van der Waals surface area contributed by atoms with Gasteiger partial charge >= 0.3 is 0 Å². The monoisotopic (exact) mass is 388 g/mol. The van der Waals surface area contributed by atoms with Crippen LogP contribution in [0.25, 0.3) is 10.9 Å². The first-order chi connectivity index (χ1) is 13.6. The first kappa shape index (κ1) is 17.9. The van der Waals surface area contributed by atoms with Gasteiger partial charge in [-0.2, -0.15) is 0 Å². The van der Waals surface area contributed by atoms with Crippen LogP contribution in [0.5, 0.6) is 0 Å². The maximum atomic E-state index is 12.3. The summed E-state index contributed by atoms with van der Waals surface area (Å²) in [6.07, 6.45) is 1.60. The highest BCUT2D eigenvalue weighted by Crippen LogP contribution is 2.26. The molecule has 28 heavy (non-hydrogen) atoms. The highest BCUT2D eigenvalue weighted by Gasteiger charge is 2.09. The smallest absolute Gasteiger partial charge is 0.274 e. The Hall–Kier alpha value is -3.44. The van der Waals surface area contributed by atoms with Crippen LogP contribution in [0, 0.1) is 6.92 Å². The molecule has 0 radical (unpaired) electrons. The zero-order valence-electron chi connectivity index (χ0n) is 15.1. The van der Waals surface area contributed by atoms with Crippen molar-refractivity contribution in [1.29, 1.82) is 0 Å². The van der Waals surface area contributed by atoms with Crippen molar-refractivity contribution in [3.05, 3.63) is 89.2 Å². The maximum absolute atomic E-state index is 12.3. The van der Waals surface area contributed by atoms with Gasteiger partial charge < -0.3 is 10.6 Å². The minimum Gasteiger partial charge on any atom is -0.340 e. The van der Waals surface area contributed by atoms with Gasteiger partial charge in [0.25, 0.3) is 5.91 Å². The molecule has 138 valence electrons. The molecule has 0 saturated carbocycles. The molecule has 1 amide bonds. The molecule has 4 rings (SSSR count). The summed E-state index contributed by atoms with van der Waals surface area (Å²) in [5.74, 6) is 0.488. The van der Waals surface area contributed by atoms with Crippen LogP contribution in [0.3, 0.4) is 0 Å². The number of rotatable bonds is 4. The minimum atomic E-state index is -0.246. The fraction of sp³-hybridized carbons (Fsp3) is 0.0455. The molecular weight excluding hydrogens is 372 g/mol. The standard InChI is InChI=1S/C22H17ClN4O/c1-14-11-21(25-16-6-4-5-15(23)12-16)27-19-9-8-17(13-18(14)19)26-22(28)20-7-2-3-10-24-20/h2-13H,1H3,(H,25,27)(H,26,28). The number of carbonyl (C=O) groups is 1. The van der Waals surface area contributed by atoms with Crippen LogP contribution in [-0.2, 0) is 0 Å². The zero-order chi connectivity index (χ0) is 19.5. The van der Waals surface area contributed by atoms with E-state index in [0.29, 0.717) is 16.4 Å². The molecule has 0 aliphatic rings.